The van der Waals surface area contributed by atoms with E-state index in [4.69, 9.17) is 5.11 Å². The van der Waals surface area contributed by atoms with Crippen molar-refractivity contribution in [2.24, 2.45) is 0 Å². The van der Waals surface area contributed by atoms with Crippen LogP contribution in [0.4, 0.5) is 0 Å². The summed E-state index contributed by atoms with van der Waals surface area (Å²) in [5.41, 5.74) is 1.70. The van der Waals surface area contributed by atoms with Crippen molar-refractivity contribution in [3.05, 3.63) is 29.2 Å². The number of aryl methyl sites for hydroxylation is 2. The Bertz CT molecular complexity index is 516. The standard InChI is InChI=1S/C9H9N3O2/c1-5-3-4-7(9(13)14)12-6(2)10-11-8(5)12/h3-4H,1-2H3,(H,13,14). The number of carbonyl (C=O) groups is 1. The lowest BCUT2D eigenvalue weighted by Gasteiger charge is -2.02. The molecule has 0 amide bonds. The maximum atomic E-state index is 10.9. The molecule has 0 saturated carbocycles. The molecule has 0 atom stereocenters. The summed E-state index contributed by atoms with van der Waals surface area (Å²) in [6, 6.07) is 3.29. The van der Waals surface area contributed by atoms with Crippen LogP contribution in [-0.2, 0) is 0 Å². The van der Waals surface area contributed by atoms with Gasteiger partial charge in [0.1, 0.15) is 11.5 Å². The van der Waals surface area contributed by atoms with E-state index in [1.165, 1.54) is 4.40 Å². The molecular formula is C9H9N3O2. The Hall–Kier alpha value is -1.91. The Morgan fingerprint density at radius 3 is 2.71 bits per heavy atom. The number of carboxylic acid groups (broad SMARTS) is 1. The molecule has 1 N–H and O–H groups in total. The van der Waals surface area contributed by atoms with Gasteiger partial charge in [-0.15, -0.1) is 10.2 Å². The van der Waals surface area contributed by atoms with Gasteiger partial charge >= 0.3 is 5.97 Å². The van der Waals surface area contributed by atoms with Crippen LogP contribution < -0.4 is 0 Å². The average Bonchev–Trinajstić information content (AvgIpc) is 2.50. The minimum absolute atomic E-state index is 0.188. The van der Waals surface area contributed by atoms with Gasteiger partial charge in [0.05, 0.1) is 0 Å². The molecule has 2 aromatic rings. The maximum absolute atomic E-state index is 10.9. The summed E-state index contributed by atoms with van der Waals surface area (Å²) in [6.45, 7) is 3.60. The Balaban J connectivity index is 2.92. The van der Waals surface area contributed by atoms with Gasteiger partial charge in [0.15, 0.2) is 5.65 Å². The SMILES string of the molecule is Cc1ccc(C(=O)O)n2c(C)nnc12. The molecular weight excluding hydrogens is 182 g/mol. The van der Waals surface area contributed by atoms with Gasteiger partial charge in [0.25, 0.3) is 0 Å². The van der Waals surface area contributed by atoms with E-state index in [0.29, 0.717) is 11.5 Å². The fourth-order valence-electron chi connectivity index (χ4n) is 1.43. The van der Waals surface area contributed by atoms with Crippen LogP contribution in [0.5, 0.6) is 0 Å². The molecule has 5 heteroatoms. The highest BCUT2D eigenvalue weighted by Gasteiger charge is 2.12. The van der Waals surface area contributed by atoms with E-state index in [0.717, 1.165) is 5.56 Å². The van der Waals surface area contributed by atoms with E-state index in [1.54, 1.807) is 19.1 Å². The second kappa shape index (κ2) is 2.80. The Kier molecular flexibility index (Phi) is 1.73. The van der Waals surface area contributed by atoms with Crippen LogP contribution in [0.1, 0.15) is 21.9 Å². The highest BCUT2D eigenvalue weighted by Crippen LogP contribution is 2.12. The van der Waals surface area contributed by atoms with Gasteiger partial charge in [-0.25, -0.2) is 4.79 Å². The van der Waals surface area contributed by atoms with Crippen LogP contribution in [0.15, 0.2) is 12.1 Å². The van der Waals surface area contributed by atoms with E-state index >= 15 is 0 Å². The van der Waals surface area contributed by atoms with E-state index in [-0.39, 0.29) is 5.69 Å². The van der Waals surface area contributed by atoms with E-state index in [9.17, 15) is 4.79 Å². The van der Waals surface area contributed by atoms with Crippen LogP contribution in [0.25, 0.3) is 5.65 Å². The van der Waals surface area contributed by atoms with Crippen LogP contribution >= 0.6 is 0 Å². The third kappa shape index (κ3) is 1.06. The number of aromatic carboxylic acids is 1. The molecule has 0 bridgehead atoms. The first kappa shape index (κ1) is 8.68. The van der Waals surface area contributed by atoms with E-state index in [1.807, 2.05) is 6.92 Å². The van der Waals surface area contributed by atoms with E-state index in [2.05, 4.69) is 10.2 Å². The monoisotopic (exact) mass is 191 g/mol. The predicted molar refractivity (Wildman–Crippen MR) is 49.4 cm³/mol. The first-order valence-corrected chi connectivity index (χ1v) is 4.16. The molecule has 5 nitrogen and oxygen atoms in total. The zero-order valence-corrected chi connectivity index (χ0v) is 7.85. The zero-order chi connectivity index (χ0) is 10.3. The summed E-state index contributed by atoms with van der Waals surface area (Å²) < 4.78 is 1.54. The lowest BCUT2D eigenvalue weighted by atomic mass is 10.2. The fourth-order valence-corrected chi connectivity index (χ4v) is 1.43. The largest absolute Gasteiger partial charge is 0.477 e. The third-order valence-electron chi connectivity index (χ3n) is 2.13. The van der Waals surface area contributed by atoms with Gasteiger partial charge in [0.2, 0.25) is 0 Å². The summed E-state index contributed by atoms with van der Waals surface area (Å²) in [4.78, 5) is 10.9. The van der Waals surface area contributed by atoms with Crippen molar-refractivity contribution in [3.8, 4) is 0 Å². The molecule has 2 rings (SSSR count). The minimum Gasteiger partial charge on any atom is -0.477 e. The number of pyridine rings is 1. The van der Waals surface area contributed by atoms with Crippen molar-refractivity contribution in [2.75, 3.05) is 0 Å². The van der Waals surface area contributed by atoms with Crippen molar-refractivity contribution in [2.45, 2.75) is 13.8 Å². The first-order chi connectivity index (χ1) is 6.61. The van der Waals surface area contributed by atoms with Gasteiger partial charge in [-0.05, 0) is 25.5 Å². The fraction of sp³-hybridized carbons (Fsp3) is 0.222. The molecule has 0 aliphatic carbocycles. The van der Waals surface area contributed by atoms with Crippen molar-refractivity contribution >= 4 is 11.6 Å². The van der Waals surface area contributed by atoms with Crippen LogP contribution in [0.2, 0.25) is 0 Å². The number of carboxylic acids is 1. The molecule has 2 heterocycles. The Morgan fingerprint density at radius 2 is 2.07 bits per heavy atom. The van der Waals surface area contributed by atoms with Gasteiger partial charge in [-0.2, -0.15) is 0 Å². The van der Waals surface area contributed by atoms with Crippen molar-refractivity contribution in [3.63, 3.8) is 0 Å². The number of fused-ring (bicyclic) bond motifs is 1. The summed E-state index contributed by atoms with van der Waals surface area (Å²) in [7, 11) is 0. The summed E-state index contributed by atoms with van der Waals surface area (Å²) in [5, 5.41) is 16.7. The Labute approximate surface area is 80.0 Å². The number of rotatable bonds is 1. The molecule has 0 spiro atoms. The van der Waals surface area contributed by atoms with Crippen molar-refractivity contribution in [1.29, 1.82) is 0 Å². The molecule has 2 aromatic heterocycles. The van der Waals surface area contributed by atoms with Gasteiger partial charge < -0.3 is 5.11 Å². The summed E-state index contributed by atoms with van der Waals surface area (Å²) in [5.74, 6) is -0.390. The zero-order valence-electron chi connectivity index (χ0n) is 7.85. The smallest absolute Gasteiger partial charge is 0.352 e. The molecule has 0 aliphatic heterocycles. The summed E-state index contributed by atoms with van der Waals surface area (Å²) >= 11 is 0. The normalized spacial score (nSPS) is 10.7. The van der Waals surface area contributed by atoms with Gasteiger partial charge in [0, 0.05) is 0 Å². The molecule has 14 heavy (non-hydrogen) atoms. The van der Waals surface area contributed by atoms with Crippen LogP contribution in [0, 0.1) is 13.8 Å². The van der Waals surface area contributed by atoms with Crippen LogP contribution in [0.3, 0.4) is 0 Å². The molecule has 0 unspecified atom stereocenters. The first-order valence-electron chi connectivity index (χ1n) is 4.16. The topological polar surface area (TPSA) is 67.5 Å². The predicted octanol–water partition coefficient (Wildman–Crippen LogP) is 1.04. The highest BCUT2D eigenvalue weighted by atomic mass is 16.4. The molecule has 72 valence electrons. The molecule has 0 saturated heterocycles. The van der Waals surface area contributed by atoms with E-state index < -0.39 is 5.97 Å². The lowest BCUT2D eigenvalue weighted by molar-refractivity contribution is 0.0688. The molecule has 0 radical (unpaired) electrons. The number of nitrogens with zero attached hydrogens (tertiary/aromatic N) is 3. The average molecular weight is 191 g/mol. The van der Waals surface area contributed by atoms with Gasteiger partial charge in [-0.1, -0.05) is 6.07 Å². The number of aromatic nitrogens is 3. The lowest BCUT2D eigenvalue weighted by Crippen LogP contribution is -2.06. The summed E-state index contributed by atoms with van der Waals surface area (Å²) in [6.07, 6.45) is 0. The molecule has 0 aliphatic rings. The second-order valence-corrected chi connectivity index (χ2v) is 3.11. The Morgan fingerprint density at radius 1 is 1.36 bits per heavy atom. The van der Waals surface area contributed by atoms with Crippen molar-refractivity contribution < 1.29 is 9.90 Å². The number of hydrogen-bond acceptors (Lipinski definition) is 3. The third-order valence-corrected chi connectivity index (χ3v) is 2.13. The molecule has 0 aromatic carbocycles. The minimum atomic E-state index is -0.974. The quantitative estimate of drug-likeness (QED) is 0.731. The number of hydrogen-bond donors (Lipinski definition) is 1. The maximum Gasteiger partial charge on any atom is 0.352 e. The van der Waals surface area contributed by atoms with Crippen molar-refractivity contribution in [1.82, 2.24) is 14.6 Å². The van der Waals surface area contributed by atoms with Gasteiger partial charge in [-0.3, -0.25) is 4.40 Å². The second-order valence-electron chi connectivity index (χ2n) is 3.11. The molecule has 0 fully saturated rings. The highest BCUT2D eigenvalue weighted by molar-refractivity contribution is 5.86. The van der Waals surface area contributed by atoms with Crippen LogP contribution in [-0.4, -0.2) is 25.7 Å².